The Bertz CT molecular complexity index is 988. The van der Waals surface area contributed by atoms with E-state index in [-0.39, 0.29) is 5.91 Å². The van der Waals surface area contributed by atoms with Crippen LogP contribution in [0.4, 0.5) is 5.69 Å². The molecule has 5 heteroatoms. The largest absolute Gasteiger partial charge is 0.312 e. The van der Waals surface area contributed by atoms with E-state index < -0.39 is 0 Å². The summed E-state index contributed by atoms with van der Waals surface area (Å²) in [5.41, 5.74) is 5.94. The van der Waals surface area contributed by atoms with E-state index in [4.69, 9.17) is 0 Å². The molecule has 0 N–H and O–H groups in total. The Morgan fingerprint density at radius 2 is 2.08 bits per heavy atom. The van der Waals surface area contributed by atoms with Crippen molar-refractivity contribution in [1.29, 1.82) is 0 Å². The van der Waals surface area contributed by atoms with Crippen molar-refractivity contribution in [2.45, 2.75) is 20.3 Å². The van der Waals surface area contributed by atoms with Crippen LogP contribution >= 0.6 is 0 Å². The van der Waals surface area contributed by atoms with Crippen molar-refractivity contribution in [3.63, 3.8) is 0 Å². The molecule has 1 aromatic carbocycles. The summed E-state index contributed by atoms with van der Waals surface area (Å²) in [5.74, 6) is 0.0344. The highest BCUT2D eigenvalue weighted by Crippen LogP contribution is 2.33. The Morgan fingerprint density at radius 3 is 2.83 bits per heavy atom. The monoisotopic (exact) mass is 319 g/mol. The molecule has 0 spiro atoms. The van der Waals surface area contributed by atoms with E-state index >= 15 is 0 Å². The fourth-order valence-corrected chi connectivity index (χ4v) is 3.34. The molecule has 3 aromatic rings. The summed E-state index contributed by atoms with van der Waals surface area (Å²) < 4.78 is 1.80. The topological polar surface area (TPSA) is 54.7 Å². The molecule has 0 saturated carbocycles. The lowest BCUT2D eigenvalue weighted by molar-refractivity contribution is -0.116. The lowest BCUT2D eigenvalue weighted by Crippen LogP contribution is -2.25. The summed E-state index contributed by atoms with van der Waals surface area (Å²) in [7, 11) is 0. The van der Waals surface area contributed by atoms with Crippen molar-refractivity contribution in [3.8, 4) is 11.3 Å². The molecule has 120 valence electrons. The highest BCUT2D eigenvalue weighted by Gasteiger charge is 2.23. The number of fused-ring (bicyclic) bond motifs is 2. The fourth-order valence-electron chi connectivity index (χ4n) is 3.34. The third-order valence-electron chi connectivity index (χ3n) is 4.56. The fraction of sp³-hybridized carbons (Fsp3) is 0.211. The molecule has 0 fully saturated rings. The van der Waals surface area contributed by atoms with Crippen molar-refractivity contribution < 1.29 is 9.59 Å². The molecule has 4 rings (SSSR count). The Labute approximate surface area is 139 Å². The van der Waals surface area contributed by atoms with E-state index in [1.165, 1.54) is 0 Å². The van der Waals surface area contributed by atoms with Gasteiger partial charge in [0, 0.05) is 30.9 Å². The second kappa shape index (κ2) is 5.30. The van der Waals surface area contributed by atoms with Crippen LogP contribution in [0.1, 0.15) is 28.5 Å². The molecule has 3 heterocycles. The number of aryl methyl sites for hydroxylation is 1. The maximum absolute atomic E-state index is 11.8. The molecule has 5 nitrogen and oxygen atoms in total. The van der Waals surface area contributed by atoms with E-state index in [0.717, 1.165) is 40.7 Å². The number of rotatable bonds is 2. The van der Waals surface area contributed by atoms with Gasteiger partial charge in [-0.25, -0.2) is 4.98 Å². The maximum Gasteiger partial charge on any atom is 0.223 e. The van der Waals surface area contributed by atoms with Crippen LogP contribution in [0.25, 0.3) is 16.9 Å². The third kappa shape index (κ3) is 2.12. The van der Waals surface area contributed by atoms with Crippen molar-refractivity contribution in [3.05, 3.63) is 53.3 Å². The quantitative estimate of drug-likeness (QED) is 0.682. The van der Waals surface area contributed by atoms with Crippen LogP contribution < -0.4 is 4.90 Å². The summed E-state index contributed by atoms with van der Waals surface area (Å²) in [6, 6.07) is 9.87. The minimum atomic E-state index is 0.0344. The number of aldehydes is 1. The molecule has 0 atom stereocenters. The average molecular weight is 319 g/mol. The normalized spacial score (nSPS) is 13.3. The van der Waals surface area contributed by atoms with Gasteiger partial charge in [-0.2, -0.15) is 0 Å². The van der Waals surface area contributed by atoms with E-state index in [1.54, 1.807) is 16.2 Å². The minimum Gasteiger partial charge on any atom is -0.312 e. The Balaban J connectivity index is 1.91. The molecule has 1 aliphatic rings. The highest BCUT2D eigenvalue weighted by molar-refractivity contribution is 5.95. The first-order chi connectivity index (χ1) is 11.6. The maximum atomic E-state index is 11.8. The molecule has 0 saturated heterocycles. The standard InChI is InChI=1S/C19H17N3O2/c1-12-5-7-22-17(11-23)19(20-18(22)9-12)15-4-3-14-6-8-21(13(2)24)16(14)10-15/h3-5,7,9-11H,6,8H2,1-2H3. The van der Waals surface area contributed by atoms with Crippen LogP contribution in [0.2, 0.25) is 0 Å². The van der Waals surface area contributed by atoms with Gasteiger partial charge in [-0.15, -0.1) is 0 Å². The van der Waals surface area contributed by atoms with Gasteiger partial charge in [-0.05, 0) is 42.7 Å². The average Bonchev–Trinajstić information content (AvgIpc) is 3.14. The number of anilines is 1. The number of amides is 1. The second-order valence-corrected chi connectivity index (χ2v) is 6.16. The molecular weight excluding hydrogens is 302 g/mol. The van der Waals surface area contributed by atoms with Crippen LogP contribution in [0.5, 0.6) is 0 Å². The first kappa shape index (κ1) is 14.6. The molecule has 1 aliphatic heterocycles. The summed E-state index contributed by atoms with van der Waals surface area (Å²) in [5, 5.41) is 0. The number of carbonyl (C=O) groups is 2. The summed E-state index contributed by atoms with van der Waals surface area (Å²) >= 11 is 0. The molecule has 1 amide bonds. The number of pyridine rings is 1. The molecule has 0 radical (unpaired) electrons. The van der Waals surface area contributed by atoms with Gasteiger partial charge in [0.15, 0.2) is 6.29 Å². The Hall–Kier alpha value is -2.95. The zero-order valence-electron chi connectivity index (χ0n) is 13.6. The number of aromatic nitrogens is 2. The van der Waals surface area contributed by atoms with Gasteiger partial charge in [0.1, 0.15) is 17.0 Å². The van der Waals surface area contributed by atoms with Crippen molar-refractivity contribution >= 4 is 23.5 Å². The minimum absolute atomic E-state index is 0.0344. The molecular formula is C19H17N3O2. The van der Waals surface area contributed by atoms with E-state index in [2.05, 4.69) is 4.98 Å². The van der Waals surface area contributed by atoms with Crippen molar-refractivity contribution in [1.82, 2.24) is 9.38 Å². The molecule has 0 bridgehead atoms. The van der Waals surface area contributed by atoms with E-state index in [9.17, 15) is 9.59 Å². The first-order valence-corrected chi connectivity index (χ1v) is 7.94. The van der Waals surface area contributed by atoms with Gasteiger partial charge >= 0.3 is 0 Å². The SMILES string of the molecule is CC(=O)N1CCc2ccc(-c3nc4cc(C)ccn4c3C=O)cc21. The van der Waals surface area contributed by atoms with Crippen LogP contribution in [-0.2, 0) is 11.2 Å². The second-order valence-electron chi connectivity index (χ2n) is 6.16. The number of hydrogen-bond acceptors (Lipinski definition) is 3. The van der Waals surface area contributed by atoms with E-state index in [1.807, 2.05) is 43.5 Å². The number of carbonyl (C=O) groups excluding carboxylic acids is 2. The molecule has 2 aromatic heterocycles. The molecule has 24 heavy (non-hydrogen) atoms. The number of imidazole rings is 1. The van der Waals surface area contributed by atoms with Crippen LogP contribution in [0.3, 0.4) is 0 Å². The van der Waals surface area contributed by atoms with Crippen molar-refractivity contribution in [2.24, 2.45) is 0 Å². The van der Waals surface area contributed by atoms with Crippen molar-refractivity contribution in [2.75, 3.05) is 11.4 Å². The van der Waals surface area contributed by atoms with Gasteiger partial charge in [-0.3, -0.25) is 14.0 Å². The van der Waals surface area contributed by atoms with Crippen LogP contribution in [0.15, 0.2) is 36.5 Å². The smallest absolute Gasteiger partial charge is 0.223 e. The van der Waals surface area contributed by atoms with Crippen LogP contribution in [0, 0.1) is 6.92 Å². The Morgan fingerprint density at radius 1 is 1.25 bits per heavy atom. The number of benzene rings is 1. The summed E-state index contributed by atoms with van der Waals surface area (Å²) in [6.45, 7) is 4.28. The van der Waals surface area contributed by atoms with Gasteiger partial charge in [0.05, 0.1) is 0 Å². The number of hydrogen-bond donors (Lipinski definition) is 0. The zero-order valence-corrected chi connectivity index (χ0v) is 13.6. The summed E-state index contributed by atoms with van der Waals surface area (Å²) in [6.07, 6.45) is 3.56. The van der Waals surface area contributed by atoms with Gasteiger partial charge in [0.25, 0.3) is 0 Å². The molecule has 0 unspecified atom stereocenters. The lowest BCUT2D eigenvalue weighted by atomic mass is 10.1. The lowest BCUT2D eigenvalue weighted by Gasteiger charge is -2.15. The van der Waals surface area contributed by atoms with Crippen LogP contribution in [-0.4, -0.2) is 28.1 Å². The predicted molar refractivity (Wildman–Crippen MR) is 92.5 cm³/mol. The predicted octanol–water partition coefficient (Wildman–Crippen LogP) is 3.03. The van der Waals surface area contributed by atoms with Gasteiger partial charge in [0.2, 0.25) is 5.91 Å². The zero-order chi connectivity index (χ0) is 16.8. The summed E-state index contributed by atoms with van der Waals surface area (Å²) in [4.78, 5) is 29.9. The van der Waals surface area contributed by atoms with Gasteiger partial charge < -0.3 is 4.90 Å². The first-order valence-electron chi connectivity index (χ1n) is 7.94. The third-order valence-corrected chi connectivity index (χ3v) is 4.56. The highest BCUT2D eigenvalue weighted by atomic mass is 16.2. The molecule has 0 aliphatic carbocycles. The number of nitrogens with zero attached hydrogens (tertiary/aromatic N) is 3. The Kier molecular flexibility index (Phi) is 3.23. The van der Waals surface area contributed by atoms with Gasteiger partial charge in [-0.1, -0.05) is 12.1 Å². The van der Waals surface area contributed by atoms with E-state index in [0.29, 0.717) is 17.9 Å².